The number of nitrogens with one attached hydrogen (secondary N) is 1. The van der Waals surface area contributed by atoms with E-state index in [1.807, 2.05) is 6.92 Å². The smallest absolute Gasteiger partial charge is 0.117 e. The summed E-state index contributed by atoms with van der Waals surface area (Å²) < 4.78 is 0. The summed E-state index contributed by atoms with van der Waals surface area (Å²) >= 11 is 0. The van der Waals surface area contributed by atoms with Gasteiger partial charge >= 0.3 is 0 Å². The Morgan fingerprint density at radius 3 is 2.52 bits per heavy atom. The number of amidine groups is 1. The highest BCUT2D eigenvalue weighted by molar-refractivity contribution is 5.82. The zero-order valence-electron chi connectivity index (χ0n) is 13.8. The van der Waals surface area contributed by atoms with E-state index in [2.05, 4.69) is 61.7 Å². The average molecular weight is 285 g/mol. The number of hydrogen-bond donors (Lipinski definition) is 1. The predicted octanol–water partition coefficient (Wildman–Crippen LogP) is 4.63. The Bertz CT molecular complexity index is 542. The zero-order chi connectivity index (χ0) is 15.8. The van der Waals surface area contributed by atoms with Gasteiger partial charge < -0.3 is 0 Å². The number of rotatable bonds is 7. The Kier molecular flexibility index (Phi) is 6.86. The number of aryl methyl sites for hydroxylation is 2. The second kappa shape index (κ2) is 8.40. The fourth-order valence-electron chi connectivity index (χ4n) is 2.31. The average Bonchev–Trinajstić information content (AvgIpc) is 2.43. The lowest BCUT2D eigenvalue weighted by atomic mass is 9.96. The molecule has 0 radical (unpaired) electrons. The van der Waals surface area contributed by atoms with Crippen molar-refractivity contribution in [2.75, 3.05) is 0 Å². The highest BCUT2D eigenvalue weighted by Crippen LogP contribution is 2.22. The van der Waals surface area contributed by atoms with Crippen LogP contribution in [0.2, 0.25) is 0 Å². The molecule has 21 heavy (non-hydrogen) atoms. The van der Waals surface area contributed by atoms with Crippen LogP contribution in [-0.2, 0) is 6.54 Å². The van der Waals surface area contributed by atoms with Gasteiger partial charge in [0, 0.05) is 13.1 Å². The molecule has 0 unspecified atom stereocenters. The quantitative estimate of drug-likeness (QED) is 0.442. The molecule has 0 bridgehead atoms. The predicted molar refractivity (Wildman–Crippen MR) is 94.0 cm³/mol. The molecule has 3 nitrogen and oxygen atoms in total. The minimum absolute atomic E-state index is 0.661. The maximum absolute atomic E-state index is 4.65. The first-order valence-corrected chi connectivity index (χ1v) is 7.50. The number of allylic oxidation sites excluding steroid dienone is 1. The van der Waals surface area contributed by atoms with Crippen LogP contribution in [0, 0.1) is 13.8 Å². The van der Waals surface area contributed by atoms with Gasteiger partial charge in [-0.25, -0.2) is 0 Å². The number of hydrogen-bond acceptors (Lipinski definition) is 2. The molecule has 0 atom stereocenters. The van der Waals surface area contributed by atoms with Crippen LogP contribution in [0.4, 0.5) is 0 Å². The monoisotopic (exact) mass is 285 g/mol. The molecule has 0 heterocycles. The molecule has 114 valence electrons. The van der Waals surface area contributed by atoms with Gasteiger partial charge in [-0.1, -0.05) is 31.6 Å². The third-order valence-corrected chi connectivity index (χ3v) is 3.56. The topological polar surface area (TPSA) is 36.8 Å². The molecular formula is C18H27N3. The number of hydrazone groups is 1. The van der Waals surface area contributed by atoms with Crippen LogP contribution in [-0.4, -0.2) is 12.6 Å². The van der Waals surface area contributed by atoms with Gasteiger partial charge in [0.25, 0.3) is 0 Å². The van der Waals surface area contributed by atoms with E-state index in [1.54, 1.807) is 0 Å². The summed E-state index contributed by atoms with van der Waals surface area (Å²) in [5, 5.41) is 3.74. The Balaban J connectivity index is 2.97. The minimum atomic E-state index is 0.661. The van der Waals surface area contributed by atoms with Crippen LogP contribution < -0.4 is 5.43 Å². The molecule has 0 fully saturated rings. The Hall–Kier alpha value is -1.90. The number of benzene rings is 1. The van der Waals surface area contributed by atoms with Gasteiger partial charge in [0.2, 0.25) is 0 Å². The Morgan fingerprint density at radius 1 is 1.24 bits per heavy atom. The first-order valence-electron chi connectivity index (χ1n) is 7.50. The molecule has 1 rings (SSSR count). The second-order valence-electron chi connectivity index (χ2n) is 5.51. The van der Waals surface area contributed by atoms with E-state index < -0.39 is 0 Å². The molecule has 0 saturated heterocycles. The first-order chi connectivity index (χ1) is 9.99. The standard InChI is InChI=1S/C18H27N3/c1-7-8-9-18(21-19-6)20-12-16-11-17(13(2)3)15(5)10-14(16)4/h10-11H,2,6-9,12H2,1,3-5H3,(H,20,21). The third kappa shape index (κ3) is 5.18. The minimum Gasteiger partial charge on any atom is -0.266 e. The molecular weight excluding hydrogens is 258 g/mol. The van der Waals surface area contributed by atoms with Crippen molar-refractivity contribution in [3.8, 4) is 0 Å². The summed E-state index contributed by atoms with van der Waals surface area (Å²) in [5.74, 6) is 0.906. The van der Waals surface area contributed by atoms with E-state index in [1.165, 1.54) is 22.3 Å². The molecule has 3 heteroatoms. The fourth-order valence-corrected chi connectivity index (χ4v) is 2.31. The molecule has 0 amide bonds. The van der Waals surface area contributed by atoms with E-state index in [4.69, 9.17) is 0 Å². The second-order valence-corrected chi connectivity index (χ2v) is 5.51. The summed E-state index contributed by atoms with van der Waals surface area (Å²) in [6.45, 7) is 16.7. The zero-order valence-corrected chi connectivity index (χ0v) is 13.8. The highest BCUT2D eigenvalue weighted by Gasteiger charge is 2.06. The van der Waals surface area contributed by atoms with E-state index in [9.17, 15) is 0 Å². The van der Waals surface area contributed by atoms with Crippen molar-refractivity contribution in [3.63, 3.8) is 0 Å². The van der Waals surface area contributed by atoms with Gasteiger partial charge in [-0.2, -0.15) is 5.10 Å². The van der Waals surface area contributed by atoms with Crippen LogP contribution >= 0.6 is 0 Å². The molecule has 0 saturated carbocycles. The third-order valence-electron chi connectivity index (χ3n) is 3.56. The van der Waals surface area contributed by atoms with Gasteiger partial charge in [0.05, 0.1) is 6.54 Å². The summed E-state index contributed by atoms with van der Waals surface area (Å²) in [6, 6.07) is 4.41. The molecule has 0 spiro atoms. The molecule has 1 aromatic rings. The number of unbranched alkanes of at least 4 members (excludes halogenated alkanes) is 1. The summed E-state index contributed by atoms with van der Waals surface area (Å²) in [4.78, 5) is 4.65. The summed E-state index contributed by atoms with van der Waals surface area (Å²) in [7, 11) is 0. The number of aliphatic imine (C=N–C) groups is 1. The van der Waals surface area contributed by atoms with Crippen molar-refractivity contribution in [2.45, 2.75) is 53.5 Å². The van der Waals surface area contributed by atoms with Crippen LogP contribution in [0.15, 0.2) is 28.8 Å². The van der Waals surface area contributed by atoms with Crippen LogP contribution in [0.25, 0.3) is 5.57 Å². The highest BCUT2D eigenvalue weighted by atomic mass is 15.3. The number of nitrogens with zero attached hydrogens (tertiary/aromatic N) is 2. The van der Waals surface area contributed by atoms with Crippen LogP contribution in [0.1, 0.15) is 55.4 Å². The van der Waals surface area contributed by atoms with E-state index >= 15 is 0 Å². The van der Waals surface area contributed by atoms with E-state index in [-0.39, 0.29) is 0 Å². The van der Waals surface area contributed by atoms with Gasteiger partial charge in [-0.05, 0) is 55.5 Å². The lowest BCUT2D eigenvalue weighted by Gasteiger charge is -2.12. The van der Waals surface area contributed by atoms with Crippen molar-refractivity contribution in [1.82, 2.24) is 5.43 Å². The maximum Gasteiger partial charge on any atom is 0.117 e. The summed E-state index contributed by atoms with van der Waals surface area (Å²) in [6.07, 6.45) is 3.15. The van der Waals surface area contributed by atoms with Gasteiger partial charge in [-0.3, -0.25) is 10.4 Å². The van der Waals surface area contributed by atoms with Crippen molar-refractivity contribution < 1.29 is 0 Å². The Labute approximate surface area is 128 Å². The molecule has 1 aromatic carbocycles. The maximum atomic E-state index is 4.65. The molecule has 0 aromatic heterocycles. The van der Waals surface area contributed by atoms with E-state index in [0.29, 0.717) is 6.54 Å². The normalized spacial score (nSPS) is 11.3. The Morgan fingerprint density at radius 2 is 1.95 bits per heavy atom. The molecule has 0 aliphatic rings. The van der Waals surface area contributed by atoms with Crippen molar-refractivity contribution in [1.29, 1.82) is 0 Å². The molecule has 1 N–H and O–H groups in total. The fraction of sp³-hybridized carbons (Fsp3) is 0.444. The van der Waals surface area contributed by atoms with Gasteiger partial charge in [0.1, 0.15) is 5.84 Å². The van der Waals surface area contributed by atoms with Crippen LogP contribution in [0.3, 0.4) is 0 Å². The van der Waals surface area contributed by atoms with Crippen molar-refractivity contribution in [2.24, 2.45) is 10.1 Å². The lowest BCUT2D eigenvalue weighted by molar-refractivity contribution is 0.801. The molecule has 0 aliphatic carbocycles. The van der Waals surface area contributed by atoms with Gasteiger partial charge in [-0.15, -0.1) is 0 Å². The summed E-state index contributed by atoms with van der Waals surface area (Å²) in [5.41, 5.74) is 8.98. The molecule has 0 aliphatic heterocycles. The van der Waals surface area contributed by atoms with Crippen molar-refractivity contribution >= 4 is 18.1 Å². The SMILES string of the molecule is C=NNC(CCCC)=NCc1cc(C(=C)C)c(C)cc1C. The van der Waals surface area contributed by atoms with Crippen molar-refractivity contribution in [3.05, 3.63) is 41.0 Å². The van der Waals surface area contributed by atoms with Crippen LogP contribution in [0.5, 0.6) is 0 Å². The van der Waals surface area contributed by atoms with Gasteiger partial charge in [0.15, 0.2) is 0 Å². The first kappa shape index (κ1) is 17.2. The lowest BCUT2D eigenvalue weighted by Crippen LogP contribution is -2.17. The van der Waals surface area contributed by atoms with E-state index in [0.717, 1.165) is 30.7 Å². The largest absolute Gasteiger partial charge is 0.266 e.